The topological polar surface area (TPSA) is 55.6 Å². The summed E-state index contributed by atoms with van der Waals surface area (Å²) in [6, 6.07) is 5.40. The summed E-state index contributed by atoms with van der Waals surface area (Å²) in [5.41, 5.74) is 1.34. The van der Waals surface area contributed by atoms with Gasteiger partial charge >= 0.3 is 0 Å². The van der Waals surface area contributed by atoms with Gasteiger partial charge < -0.3 is 14.1 Å². The zero-order chi connectivity index (χ0) is 16.7. The molecule has 2 aromatic rings. The van der Waals surface area contributed by atoms with Crippen LogP contribution in [0.25, 0.3) is 0 Å². The van der Waals surface area contributed by atoms with E-state index < -0.39 is 0 Å². The Morgan fingerprint density at radius 2 is 2.08 bits per heavy atom. The molecule has 1 aliphatic carbocycles. The van der Waals surface area contributed by atoms with Crippen LogP contribution in [0.2, 0.25) is 10.0 Å². The molecule has 2 aliphatic rings. The van der Waals surface area contributed by atoms with Gasteiger partial charge in [-0.05, 0) is 30.5 Å². The zero-order valence-electron chi connectivity index (χ0n) is 12.9. The number of hydrogen-bond donors (Lipinski definition) is 0. The number of aromatic nitrogens is 1. The smallest absolute Gasteiger partial charge is 0.276 e. The third kappa shape index (κ3) is 3.04. The Bertz CT molecular complexity index is 773. The maximum Gasteiger partial charge on any atom is 0.276 e. The molecule has 126 valence electrons. The minimum atomic E-state index is -0.228. The van der Waals surface area contributed by atoms with Crippen LogP contribution in [-0.2, 0) is 4.74 Å². The van der Waals surface area contributed by atoms with Crippen molar-refractivity contribution in [3.63, 3.8) is 0 Å². The fraction of sp³-hybridized carbons (Fsp3) is 0.412. The van der Waals surface area contributed by atoms with Gasteiger partial charge in [-0.3, -0.25) is 4.79 Å². The van der Waals surface area contributed by atoms with Crippen molar-refractivity contribution < 1.29 is 13.9 Å². The van der Waals surface area contributed by atoms with Gasteiger partial charge in [-0.2, -0.15) is 0 Å². The number of benzene rings is 1. The number of halogens is 2. The molecule has 0 N–H and O–H groups in total. The Morgan fingerprint density at radius 1 is 1.25 bits per heavy atom. The molecular formula is C17H16Cl2N2O3. The van der Waals surface area contributed by atoms with E-state index in [1.165, 1.54) is 6.39 Å². The molecule has 1 aliphatic heterocycles. The lowest BCUT2D eigenvalue weighted by atomic mass is 10.1. The molecular weight excluding hydrogens is 351 g/mol. The molecule has 1 atom stereocenters. The molecule has 5 nitrogen and oxygen atoms in total. The minimum absolute atomic E-state index is 0.0981. The molecule has 0 radical (unpaired) electrons. The highest BCUT2D eigenvalue weighted by Gasteiger charge is 2.35. The molecule has 0 bridgehead atoms. The molecule has 2 fully saturated rings. The summed E-state index contributed by atoms with van der Waals surface area (Å²) in [7, 11) is 0. The van der Waals surface area contributed by atoms with E-state index in [0.29, 0.717) is 41.4 Å². The molecule has 1 amide bonds. The summed E-state index contributed by atoms with van der Waals surface area (Å²) in [5, 5.41) is 0.981. The van der Waals surface area contributed by atoms with Crippen LogP contribution in [0.4, 0.5) is 0 Å². The first-order valence-electron chi connectivity index (χ1n) is 7.92. The van der Waals surface area contributed by atoms with Crippen molar-refractivity contribution in [3.05, 3.63) is 51.7 Å². The molecule has 1 saturated heterocycles. The van der Waals surface area contributed by atoms with Gasteiger partial charge in [0.1, 0.15) is 11.9 Å². The largest absolute Gasteiger partial charge is 0.447 e. The van der Waals surface area contributed by atoms with Crippen LogP contribution in [0.1, 0.15) is 46.7 Å². The molecule has 0 unspecified atom stereocenters. The SMILES string of the molecule is O=C(c1ncoc1C1CC1)N1CCO[C@H](c2ccc(Cl)c(Cl)c2)C1. The van der Waals surface area contributed by atoms with E-state index in [4.69, 9.17) is 32.4 Å². The lowest BCUT2D eigenvalue weighted by molar-refractivity contribution is -0.0230. The number of ether oxygens (including phenoxy) is 1. The second kappa shape index (κ2) is 6.39. The van der Waals surface area contributed by atoms with E-state index in [-0.39, 0.29) is 12.0 Å². The summed E-state index contributed by atoms with van der Waals surface area (Å²) in [4.78, 5) is 18.7. The normalized spacial score (nSPS) is 21.1. The van der Waals surface area contributed by atoms with E-state index in [1.54, 1.807) is 17.0 Å². The number of hydrogen-bond acceptors (Lipinski definition) is 4. The van der Waals surface area contributed by atoms with E-state index in [1.807, 2.05) is 6.07 Å². The van der Waals surface area contributed by atoms with Gasteiger partial charge in [0, 0.05) is 12.5 Å². The maximum absolute atomic E-state index is 12.8. The number of morpholine rings is 1. The quantitative estimate of drug-likeness (QED) is 0.821. The van der Waals surface area contributed by atoms with Crippen LogP contribution in [0.15, 0.2) is 29.0 Å². The van der Waals surface area contributed by atoms with Gasteiger partial charge in [-0.1, -0.05) is 29.3 Å². The van der Waals surface area contributed by atoms with Gasteiger partial charge in [0.15, 0.2) is 12.1 Å². The first-order valence-corrected chi connectivity index (χ1v) is 8.68. The number of carbonyl (C=O) groups is 1. The Labute approximate surface area is 149 Å². The first kappa shape index (κ1) is 15.9. The summed E-state index contributed by atoms with van der Waals surface area (Å²) < 4.78 is 11.2. The summed E-state index contributed by atoms with van der Waals surface area (Å²) >= 11 is 12.0. The molecule has 1 saturated carbocycles. The van der Waals surface area contributed by atoms with Gasteiger partial charge in [0.2, 0.25) is 0 Å². The van der Waals surface area contributed by atoms with Crippen molar-refractivity contribution in [3.8, 4) is 0 Å². The zero-order valence-corrected chi connectivity index (χ0v) is 14.4. The average Bonchev–Trinajstić information content (AvgIpc) is 3.33. The van der Waals surface area contributed by atoms with Gasteiger partial charge in [-0.15, -0.1) is 0 Å². The minimum Gasteiger partial charge on any atom is -0.447 e. The van der Waals surface area contributed by atoms with Crippen LogP contribution in [-0.4, -0.2) is 35.5 Å². The van der Waals surface area contributed by atoms with Crippen LogP contribution in [0, 0.1) is 0 Å². The van der Waals surface area contributed by atoms with Gasteiger partial charge in [0.25, 0.3) is 5.91 Å². The number of carbonyl (C=O) groups excluding carboxylic acids is 1. The highest BCUT2D eigenvalue weighted by Crippen LogP contribution is 2.41. The van der Waals surface area contributed by atoms with Crippen molar-refractivity contribution in [1.82, 2.24) is 9.88 Å². The van der Waals surface area contributed by atoms with E-state index >= 15 is 0 Å². The van der Waals surface area contributed by atoms with Crippen molar-refractivity contribution >= 4 is 29.1 Å². The standard InChI is InChI=1S/C17H16Cl2N2O3/c18-12-4-3-11(7-13(12)19)14-8-21(5-6-23-14)17(22)15-16(10-1-2-10)24-9-20-15/h3-4,7,9-10,14H,1-2,5-6,8H2/t14-/m0/s1. The predicted molar refractivity (Wildman–Crippen MR) is 89.5 cm³/mol. The lowest BCUT2D eigenvalue weighted by Crippen LogP contribution is -2.42. The molecule has 7 heteroatoms. The number of oxazole rings is 1. The summed E-state index contributed by atoms with van der Waals surface area (Å²) in [6.45, 7) is 1.45. The van der Waals surface area contributed by atoms with Crippen LogP contribution in [0.5, 0.6) is 0 Å². The molecule has 24 heavy (non-hydrogen) atoms. The molecule has 4 rings (SSSR count). The molecule has 1 aromatic carbocycles. The van der Waals surface area contributed by atoms with Gasteiger partial charge in [-0.25, -0.2) is 4.98 Å². The highest BCUT2D eigenvalue weighted by molar-refractivity contribution is 6.42. The Kier molecular flexibility index (Phi) is 4.24. The molecule has 1 aromatic heterocycles. The van der Waals surface area contributed by atoms with Crippen LogP contribution < -0.4 is 0 Å². The van der Waals surface area contributed by atoms with Crippen molar-refractivity contribution in [2.45, 2.75) is 24.9 Å². The Hall–Kier alpha value is -1.56. The third-order valence-corrected chi connectivity index (χ3v) is 5.15. The Morgan fingerprint density at radius 3 is 2.83 bits per heavy atom. The van der Waals surface area contributed by atoms with Crippen molar-refractivity contribution in [1.29, 1.82) is 0 Å². The fourth-order valence-electron chi connectivity index (χ4n) is 2.95. The van der Waals surface area contributed by atoms with Crippen molar-refractivity contribution in [2.75, 3.05) is 19.7 Å². The summed E-state index contributed by atoms with van der Waals surface area (Å²) in [5.74, 6) is 0.968. The average molecular weight is 367 g/mol. The van der Waals surface area contributed by atoms with Crippen molar-refractivity contribution in [2.24, 2.45) is 0 Å². The second-order valence-electron chi connectivity index (χ2n) is 6.12. The number of rotatable bonds is 3. The highest BCUT2D eigenvalue weighted by atomic mass is 35.5. The molecule has 2 heterocycles. The Balaban J connectivity index is 1.52. The number of amides is 1. The van der Waals surface area contributed by atoms with E-state index in [0.717, 1.165) is 24.2 Å². The fourth-order valence-corrected chi connectivity index (χ4v) is 3.26. The van der Waals surface area contributed by atoms with Crippen LogP contribution in [0.3, 0.4) is 0 Å². The predicted octanol–water partition coefficient (Wildman–Crippen LogP) is 4.07. The van der Waals surface area contributed by atoms with E-state index in [2.05, 4.69) is 4.98 Å². The number of nitrogens with zero attached hydrogens (tertiary/aromatic N) is 2. The second-order valence-corrected chi connectivity index (χ2v) is 6.94. The third-order valence-electron chi connectivity index (χ3n) is 4.41. The van der Waals surface area contributed by atoms with E-state index in [9.17, 15) is 4.79 Å². The molecule has 0 spiro atoms. The first-order chi connectivity index (χ1) is 11.6. The van der Waals surface area contributed by atoms with Gasteiger partial charge in [0.05, 0.1) is 23.2 Å². The monoisotopic (exact) mass is 366 g/mol. The maximum atomic E-state index is 12.8. The van der Waals surface area contributed by atoms with Crippen LogP contribution >= 0.6 is 23.2 Å². The lowest BCUT2D eigenvalue weighted by Gasteiger charge is -2.33. The summed E-state index contributed by atoms with van der Waals surface area (Å²) in [6.07, 6.45) is 3.25.